The Bertz CT molecular complexity index is 1300. The van der Waals surface area contributed by atoms with Gasteiger partial charge in [-0.1, -0.05) is 42.0 Å². The second kappa shape index (κ2) is 9.39. The smallest absolute Gasteiger partial charge is 0.295 e. The maximum Gasteiger partial charge on any atom is 0.295 e. The normalized spacial score (nSPS) is 17.2. The molecule has 0 aromatic heterocycles. The number of benzene rings is 3. The number of carbonyl (C=O) groups excluding carboxylic acids is 2. The predicted molar refractivity (Wildman–Crippen MR) is 125 cm³/mol. The van der Waals surface area contributed by atoms with E-state index < -0.39 is 29.3 Å². The van der Waals surface area contributed by atoms with Gasteiger partial charge in [-0.2, -0.15) is 0 Å². The number of halogens is 1. The number of Topliss-reactive ketones (excluding diaryl/α,β-unsaturated/α-hetero) is 1. The number of aliphatic hydroxyl groups excluding tert-OH is 1. The highest BCUT2D eigenvalue weighted by molar-refractivity contribution is 6.46. The third-order valence-electron chi connectivity index (χ3n) is 5.80. The lowest BCUT2D eigenvalue weighted by atomic mass is 9.94. The molecule has 1 unspecified atom stereocenters. The molecular formula is C27H24FNO5. The van der Waals surface area contributed by atoms with Crippen LogP contribution in [0.25, 0.3) is 5.76 Å². The van der Waals surface area contributed by atoms with E-state index in [1.807, 2.05) is 31.2 Å². The number of ketones is 1. The van der Waals surface area contributed by atoms with Gasteiger partial charge in [-0.15, -0.1) is 0 Å². The Hall–Kier alpha value is -4.13. The van der Waals surface area contributed by atoms with Crippen LogP contribution < -0.4 is 9.47 Å². The van der Waals surface area contributed by atoms with Gasteiger partial charge in [0, 0.05) is 6.54 Å². The number of nitrogens with zero attached hydrogens (tertiary/aromatic N) is 1. The van der Waals surface area contributed by atoms with Crippen LogP contribution in [-0.4, -0.2) is 35.9 Å². The standard InChI is InChI=1S/C27H24FNO5/c1-16-6-4-8-18(12-16)24-23(25(30)21-14-19(28)10-11-22(21)34-3)26(31)27(32)29(24)15-17-7-5-9-20(13-17)33-2/h4-14,24,30H,15H2,1-3H3/b25-23+. The second-order valence-corrected chi connectivity index (χ2v) is 8.04. The predicted octanol–water partition coefficient (Wildman–Crippen LogP) is 4.77. The fourth-order valence-electron chi connectivity index (χ4n) is 4.21. The molecule has 0 radical (unpaired) electrons. The number of hydrogen-bond acceptors (Lipinski definition) is 5. The third-order valence-corrected chi connectivity index (χ3v) is 5.80. The molecule has 1 fully saturated rings. The number of aliphatic hydroxyl groups is 1. The molecule has 1 saturated heterocycles. The number of ether oxygens (including phenoxy) is 2. The molecule has 0 aliphatic carbocycles. The van der Waals surface area contributed by atoms with Crippen LogP contribution in [0.15, 0.2) is 72.3 Å². The zero-order valence-electron chi connectivity index (χ0n) is 19.0. The maximum absolute atomic E-state index is 14.0. The van der Waals surface area contributed by atoms with Crippen molar-refractivity contribution in [2.24, 2.45) is 0 Å². The van der Waals surface area contributed by atoms with Crippen LogP contribution in [0.3, 0.4) is 0 Å². The van der Waals surface area contributed by atoms with Crippen molar-refractivity contribution >= 4 is 17.4 Å². The molecule has 6 nitrogen and oxygen atoms in total. The number of hydrogen-bond donors (Lipinski definition) is 1. The lowest BCUT2D eigenvalue weighted by Gasteiger charge is -2.26. The first-order valence-electron chi connectivity index (χ1n) is 10.7. The number of aryl methyl sites for hydroxylation is 1. The lowest BCUT2D eigenvalue weighted by Crippen LogP contribution is -2.29. The van der Waals surface area contributed by atoms with Crippen LogP contribution in [0.5, 0.6) is 11.5 Å². The van der Waals surface area contributed by atoms with Crippen molar-refractivity contribution in [1.82, 2.24) is 4.90 Å². The Labute approximate surface area is 196 Å². The molecule has 174 valence electrons. The molecule has 1 amide bonds. The quantitative estimate of drug-likeness (QED) is 0.325. The average Bonchev–Trinajstić information content (AvgIpc) is 3.08. The van der Waals surface area contributed by atoms with E-state index in [0.717, 1.165) is 17.2 Å². The van der Waals surface area contributed by atoms with Gasteiger partial charge < -0.3 is 19.5 Å². The van der Waals surface area contributed by atoms with E-state index in [-0.39, 0.29) is 23.4 Å². The van der Waals surface area contributed by atoms with Crippen LogP contribution in [0, 0.1) is 12.7 Å². The molecule has 1 N–H and O–H groups in total. The first kappa shape index (κ1) is 23.0. The summed E-state index contributed by atoms with van der Waals surface area (Å²) in [6, 6.07) is 17.3. The van der Waals surface area contributed by atoms with Gasteiger partial charge in [-0.05, 0) is 48.4 Å². The molecule has 0 saturated carbocycles. The molecule has 0 spiro atoms. The second-order valence-electron chi connectivity index (χ2n) is 8.04. The van der Waals surface area contributed by atoms with E-state index in [9.17, 15) is 19.1 Å². The molecule has 3 aromatic rings. The SMILES string of the molecule is COc1cccc(CN2C(=O)C(=O)/C(=C(/O)c3cc(F)ccc3OC)C2c2cccc(C)c2)c1. The van der Waals surface area contributed by atoms with E-state index in [1.54, 1.807) is 31.4 Å². The van der Waals surface area contributed by atoms with Crippen LogP contribution in [0.4, 0.5) is 4.39 Å². The molecule has 4 rings (SSSR count). The van der Waals surface area contributed by atoms with Gasteiger partial charge in [0.05, 0.1) is 31.4 Å². The summed E-state index contributed by atoms with van der Waals surface area (Å²) in [5, 5.41) is 11.2. The molecule has 0 bridgehead atoms. The fourth-order valence-corrected chi connectivity index (χ4v) is 4.21. The van der Waals surface area contributed by atoms with Gasteiger partial charge in [0.25, 0.3) is 11.7 Å². The van der Waals surface area contributed by atoms with Gasteiger partial charge >= 0.3 is 0 Å². The first-order valence-corrected chi connectivity index (χ1v) is 10.7. The Morgan fingerprint density at radius 3 is 2.47 bits per heavy atom. The third kappa shape index (κ3) is 4.24. The van der Waals surface area contributed by atoms with Crippen molar-refractivity contribution in [3.63, 3.8) is 0 Å². The van der Waals surface area contributed by atoms with Gasteiger partial charge in [0.2, 0.25) is 0 Å². The van der Waals surface area contributed by atoms with Crippen LogP contribution in [-0.2, 0) is 16.1 Å². The van der Waals surface area contributed by atoms with E-state index in [4.69, 9.17) is 9.47 Å². The molecule has 7 heteroatoms. The summed E-state index contributed by atoms with van der Waals surface area (Å²) in [6.45, 7) is 2.00. The molecule has 34 heavy (non-hydrogen) atoms. The highest BCUT2D eigenvalue weighted by Gasteiger charge is 2.46. The Morgan fingerprint density at radius 2 is 1.76 bits per heavy atom. The number of carbonyl (C=O) groups is 2. The average molecular weight is 461 g/mol. The largest absolute Gasteiger partial charge is 0.507 e. The van der Waals surface area contributed by atoms with Crippen molar-refractivity contribution in [2.75, 3.05) is 14.2 Å². The molecule has 1 heterocycles. The molecule has 1 aliphatic rings. The summed E-state index contributed by atoms with van der Waals surface area (Å²) in [5.74, 6) is -1.91. The van der Waals surface area contributed by atoms with Crippen molar-refractivity contribution in [1.29, 1.82) is 0 Å². The summed E-state index contributed by atoms with van der Waals surface area (Å²) < 4.78 is 24.6. The van der Waals surface area contributed by atoms with E-state index in [1.165, 1.54) is 24.1 Å². The summed E-state index contributed by atoms with van der Waals surface area (Å²) in [5.41, 5.74) is 2.20. The topological polar surface area (TPSA) is 76.1 Å². The zero-order chi connectivity index (χ0) is 24.4. The van der Waals surface area contributed by atoms with Crippen molar-refractivity contribution in [3.8, 4) is 11.5 Å². The monoisotopic (exact) mass is 461 g/mol. The zero-order valence-corrected chi connectivity index (χ0v) is 19.0. The van der Waals surface area contributed by atoms with Gasteiger partial charge in [0.1, 0.15) is 23.1 Å². The number of amides is 1. The number of methoxy groups -OCH3 is 2. The number of likely N-dealkylation sites (tertiary alicyclic amines) is 1. The van der Waals surface area contributed by atoms with Crippen LogP contribution in [0.1, 0.15) is 28.3 Å². The van der Waals surface area contributed by atoms with Crippen molar-refractivity contribution in [3.05, 3.63) is 100 Å². The van der Waals surface area contributed by atoms with Crippen molar-refractivity contribution in [2.45, 2.75) is 19.5 Å². The number of rotatable bonds is 6. The minimum absolute atomic E-state index is 0.000432. The minimum atomic E-state index is -0.876. The Kier molecular flexibility index (Phi) is 6.36. The molecule has 1 aliphatic heterocycles. The Morgan fingerprint density at radius 1 is 1.00 bits per heavy atom. The van der Waals surface area contributed by atoms with Crippen LogP contribution >= 0.6 is 0 Å². The van der Waals surface area contributed by atoms with Gasteiger partial charge in [-0.25, -0.2) is 4.39 Å². The summed E-state index contributed by atoms with van der Waals surface area (Å²) in [6.07, 6.45) is 0. The van der Waals surface area contributed by atoms with Gasteiger partial charge in [0.15, 0.2) is 0 Å². The fraction of sp³-hybridized carbons (Fsp3) is 0.185. The summed E-state index contributed by atoms with van der Waals surface area (Å²) >= 11 is 0. The van der Waals surface area contributed by atoms with Crippen LogP contribution in [0.2, 0.25) is 0 Å². The highest BCUT2D eigenvalue weighted by atomic mass is 19.1. The summed E-state index contributed by atoms with van der Waals surface area (Å²) in [4.78, 5) is 27.8. The van der Waals surface area contributed by atoms with E-state index >= 15 is 0 Å². The minimum Gasteiger partial charge on any atom is -0.507 e. The van der Waals surface area contributed by atoms with E-state index in [0.29, 0.717) is 11.3 Å². The maximum atomic E-state index is 14.0. The highest BCUT2D eigenvalue weighted by Crippen LogP contribution is 2.42. The molecule has 1 atom stereocenters. The molecule has 3 aromatic carbocycles. The first-order chi connectivity index (χ1) is 16.3. The van der Waals surface area contributed by atoms with Crippen molar-refractivity contribution < 1.29 is 28.6 Å². The lowest BCUT2D eigenvalue weighted by molar-refractivity contribution is -0.140. The molecular weight excluding hydrogens is 437 g/mol. The van der Waals surface area contributed by atoms with Gasteiger partial charge in [-0.3, -0.25) is 9.59 Å². The van der Waals surface area contributed by atoms with E-state index in [2.05, 4.69) is 0 Å². The Balaban J connectivity index is 1.90. The summed E-state index contributed by atoms with van der Waals surface area (Å²) in [7, 11) is 2.92.